The molecule has 0 spiro atoms. The van der Waals surface area contributed by atoms with Gasteiger partial charge in [-0.25, -0.2) is 0 Å². The van der Waals surface area contributed by atoms with Crippen LogP contribution in [-0.2, 0) is 0 Å². The second-order valence-electron chi connectivity index (χ2n) is 4.42. The maximum Gasteiger partial charge on any atom is 0.252 e. The maximum atomic E-state index is 12.3. The summed E-state index contributed by atoms with van der Waals surface area (Å²) in [6, 6.07) is 7.60. The van der Waals surface area contributed by atoms with Gasteiger partial charge in [0.05, 0.1) is 12.1 Å². The summed E-state index contributed by atoms with van der Waals surface area (Å²) in [5, 5.41) is 3.06. The van der Waals surface area contributed by atoms with E-state index in [1.165, 1.54) is 0 Å². The summed E-state index contributed by atoms with van der Waals surface area (Å²) < 4.78 is 0. The average molecular weight is 258 g/mol. The summed E-state index contributed by atoms with van der Waals surface area (Å²) >= 11 is 0. The largest absolute Gasteiger partial charge is 0.349 e. The van der Waals surface area contributed by atoms with E-state index in [9.17, 15) is 4.79 Å². The Kier molecular flexibility index (Phi) is 6.70. The van der Waals surface area contributed by atoms with Crippen LogP contribution in [0, 0.1) is 11.8 Å². The Morgan fingerprint density at radius 1 is 1.37 bits per heavy atom. The molecule has 19 heavy (non-hydrogen) atoms. The summed E-state index contributed by atoms with van der Waals surface area (Å²) in [6.07, 6.45) is 3.00. The number of nitrogens with two attached hydrogens (primary N) is 1. The number of benzene rings is 1. The van der Waals surface area contributed by atoms with Crippen molar-refractivity contribution >= 4 is 5.91 Å². The molecule has 3 heteroatoms. The Bertz CT molecular complexity index is 471. The summed E-state index contributed by atoms with van der Waals surface area (Å²) in [5.41, 5.74) is 6.73. The van der Waals surface area contributed by atoms with Gasteiger partial charge in [-0.15, -0.1) is 0 Å². The number of rotatable bonds is 5. The summed E-state index contributed by atoms with van der Waals surface area (Å²) in [6.45, 7) is 4.50. The van der Waals surface area contributed by atoms with Crippen LogP contribution in [0.3, 0.4) is 0 Å². The lowest BCUT2D eigenvalue weighted by Crippen LogP contribution is -2.34. The zero-order valence-corrected chi connectivity index (χ0v) is 11.7. The molecule has 3 nitrogen and oxygen atoms in total. The van der Waals surface area contributed by atoms with Crippen LogP contribution in [0.15, 0.2) is 24.3 Å². The SMILES string of the molecule is CCCC(CC)NC(=O)c1ccccc1C#CCN. The van der Waals surface area contributed by atoms with Crippen molar-refractivity contribution in [3.63, 3.8) is 0 Å². The van der Waals surface area contributed by atoms with E-state index in [-0.39, 0.29) is 11.9 Å². The Morgan fingerprint density at radius 2 is 2.11 bits per heavy atom. The molecule has 0 aromatic heterocycles. The molecular weight excluding hydrogens is 236 g/mol. The first-order valence-electron chi connectivity index (χ1n) is 6.81. The molecular formula is C16H22N2O. The summed E-state index contributed by atoms with van der Waals surface area (Å²) in [7, 11) is 0. The van der Waals surface area contributed by atoms with E-state index in [0.29, 0.717) is 12.1 Å². The van der Waals surface area contributed by atoms with E-state index in [1.54, 1.807) is 6.07 Å². The van der Waals surface area contributed by atoms with Crippen LogP contribution >= 0.6 is 0 Å². The zero-order chi connectivity index (χ0) is 14.1. The van der Waals surface area contributed by atoms with E-state index < -0.39 is 0 Å². The normalized spacial score (nSPS) is 11.3. The Labute approximate surface area is 115 Å². The smallest absolute Gasteiger partial charge is 0.252 e. The van der Waals surface area contributed by atoms with Crippen molar-refractivity contribution in [1.82, 2.24) is 5.32 Å². The third-order valence-corrected chi connectivity index (χ3v) is 2.96. The van der Waals surface area contributed by atoms with Crippen LogP contribution in [0.4, 0.5) is 0 Å². The Balaban J connectivity index is 2.87. The Hall–Kier alpha value is -1.79. The summed E-state index contributed by atoms with van der Waals surface area (Å²) in [4.78, 5) is 12.3. The fraction of sp³-hybridized carbons (Fsp3) is 0.438. The number of amides is 1. The second-order valence-corrected chi connectivity index (χ2v) is 4.42. The highest BCUT2D eigenvalue weighted by Gasteiger charge is 2.13. The van der Waals surface area contributed by atoms with Gasteiger partial charge < -0.3 is 11.1 Å². The van der Waals surface area contributed by atoms with Gasteiger partial charge in [-0.2, -0.15) is 0 Å². The van der Waals surface area contributed by atoms with E-state index in [4.69, 9.17) is 5.73 Å². The van der Waals surface area contributed by atoms with Gasteiger partial charge in [0.1, 0.15) is 0 Å². The van der Waals surface area contributed by atoms with Gasteiger partial charge in [0.2, 0.25) is 0 Å². The molecule has 0 fully saturated rings. The van der Waals surface area contributed by atoms with Crippen LogP contribution in [0.25, 0.3) is 0 Å². The van der Waals surface area contributed by atoms with Gasteiger partial charge in [-0.1, -0.05) is 44.2 Å². The van der Waals surface area contributed by atoms with Gasteiger partial charge in [0.25, 0.3) is 5.91 Å². The van der Waals surface area contributed by atoms with Crippen molar-refractivity contribution in [2.24, 2.45) is 5.73 Å². The monoisotopic (exact) mass is 258 g/mol. The lowest BCUT2D eigenvalue weighted by molar-refractivity contribution is 0.0933. The standard InChI is InChI=1S/C16H22N2O/c1-3-8-14(4-2)18-16(19)15-11-6-5-9-13(15)10-7-12-17/h5-6,9,11,14H,3-4,8,12,17H2,1-2H3,(H,18,19). The minimum absolute atomic E-state index is 0.0535. The lowest BCUT2D eigenvalue weighted by atomic mass is 10.0. The number of nitrogens with one attached hydrogen (secondary N) is 1. The molecule has 0 heterocycles. The highest BCUT2D eigenvalue weighted by atomic mass is 16.1. The molecule has 0 saturated heterocycles. The molecule has 0 bridgehead atoms. The third-order valence-electron chi connectivity index (χ3n) is 2.96. The molecule has 0 aliphatic carbocycles. The van der Waals surface area contributed by atoms with Crippen LogP contribution in [0.5, 0.6) is 0 Å². The molecule has 0 aliphatic heterocycles. The van der Waals surface area contributed by atoms with E-state index in [1.807, 2.05) is 18.2 Å². The quantitative estimate of drug-likeness (QED) is 0.796. The van der Waals surface area contributed by atoms with Crippen LogP contribution in [0.2, 0.25) is 0 Å². The molecule has 0 saturated carbocycles. The molecule has 1 unspecified atom stereocenters. The molecule has 0 aliphatic rings. The minimum atomic E-state index is -0.0535. The predicted molar refractivity (Wildman–Crippen MR) is 78.8 cm³/mol. The van der Waals surface area contributed by atoms with Gasteiger partial charge >= 0.3 is 0 Å². The molecule has 1 rings (SSSR count). The lowest BCUT2D eigenvalue weighted by Gasteiger charge is -2.16. The van der Waals surface area contributed by atoms with Gasteiger partial charge in [0.15, 0.2) is 0 Å². The molecule has 3 N–H and O–H groups in total. The number of carbonyl (C=O) groups excluding carboxylic acids is 1. The van der Waals surface area contributed by atoms with Crippen LogP contribution in [0.1, 0.15) is 49.0 Å². The second kappa shape index (κ2) is 8.34. The van der Waals surface area contributed by atoms with Crippen molar-refractivity contribution < 1.29 is 4.79 Å². The highest BCUT2D eigenvalue weighted by Crippen LogP contribution is 2.09. The third kappa shape index (κ3) is 4.76. The molecule has 1 amide bonds. The maximum absolute atomic E-state index is 12.3. The molecule has 1 aromatic rings. The first kappa shape index (κ1) is 15.3. The summed E-state index contributed by atoms with van der Waals surface area (Å²) in [5.74, 6) is 5.68. The van der Waals surface area contributed by atoms with Gasteiger partial charge in [-0.3, -0.25) is 4.79 Å². The fourth-order valence-corrected chi connectivity index (χ4v) is 1.93. The Morgan fingerprint density at radius 3 is 2.74 bits per heavy atom. The van der Waals surface area contributed by atoms with Crippen LogP contribution < -0.4 is 11.1 Å². The van der Waals surface area contributed by atoms with E-state index >= 15 is 0 Å². The zero-order valence-electron chi connectivity index (χ0n) is 11.7. The molecule has 102 valence electrons. The number of carbonyl (C=O) groups is 1. The average Bonchev–Trinajstić information content (AvgIpc) is 2.44. The van der Waals surface area contributed by atoms with Gasteiger partial charge in [-0.05, 0) is 25.0 Å². The first-order chi connectivity index (χ1) is 9.22. The van der Waals surface area contributed by atoms with E-state index in [0.717, 1.165) is 24.8 Å². The van der Waals surface area contributed by atoms with Crippen molar-refractivity contribution in [1.29, 1.82) is 0 Å². The van der Waals surface area contributed by atoms with Crippen molar-refractivity contribution in [2.75, 3.05) is 6.54 Å². The molecule has 0 radical (unpaired) electrons. The minimum Gasteiger partial charge on any atom is -0.349 e. The topological polar surface area (TPSA) is 55.1 Å². The van der Waals surface area contributed by atoms with Gasteiger partial charge in [0, 0.05) is 11.6 Å². The number of hydrogen-bond donors (Lipinski definition) is 2. The first-order valence-corrected chi connectivity index (χ1v) is 6.81. The van der Waals surface area contributed by atoms with E-state index in [2.05, 4.69) is 31.0 Å². The predicted octanol–water partition coefficient (Wildman–Crippen LogP) is 2.31. The van der Waals surface area contributed by atoms with Crippen molar-refractivity contribution in [3.05, 3.63) is 35.4 Å². The van der Waals surface area contributed by atoms with Crippen molar-refractivity contribution in [3.8, 4) is 11.8 Å². The van der Waals surface area contributed by atoms with Crippen LogP contribution in [-0.4, -0.2) is 18.5 Å². The highest BCUT2D eigenvalue weighted by molar-refractivity contribution is 5.96. The fourth-order valence-electron chi connectivity index (χ4n) is 1.93. The van der Waals surface area contributed by atoms with Crippen molar-refractivity contribution in [2.45, 2.75) is 39.2 Å². The number of hydrogen-bond acceptors (Lipinski definition) is 2. The molecule has 1 atom stereocenters. The molecule has 1 aromatic carbocycles.